The van der Waals surface area contributed by atoms with Crippen LogP contribution >= 0.6 is 0 Å². The zero-order valence-electron chi connectivity index (χ0n) is 16.2. The van der Waals surface area contributed by atoms with E-state index < -0.39 is 0 Å². The van der Waals surface area contributed by atoms with Crippen LogP contribution in [0.3, 0.4) is 0 Å². The van der Waals surface area contributed by atoms with Gasteiger partial charge in [0.05, 0.1) is 16.8 Å². The first-order valence-corrected chi connectivity index (χ1v) is 9.93. The molecule has 0 saturated carbocycles. The van der Waals surface area contributed by atoms with Crippen molar-refractivity contribution >= 4 is 22.8 Å². The van der Waals surface area contributed by atoms with Crippen LogP contribution in [-0.4, -0.2) is 32.8 Å². The Labute approximate surface area is 172 Å². The van der Waals surface area contributed by atoms with Gasteiger partial charge in [-0.2, -0.15) is 4.98 Å². The van der Waals surface area contributed by atoms with Crippen LogP contribution in [0.25, 0.3) is 28.0 Å². The number of anilines is 2. The second-order valence-electron chi connectivity index (χ2n) is 7.40. The van der Waals surface area contributed by atoms with Crippen molar-refractivity contribution in [3.05, 3.63) is 60.2 Å². The van der Waals surface area contributed by atoms with E-state index in [9.17, 15) is 8.78 Å². The molecule has 3 heterocycles. The van der Waals surface area contributed by atoms with E-state index in [1.54, 1.807) is 24.3 Å². The number of piperidine rings is 1. The molecule has 4 aromatic rings. The van der Waals surface area contributed by atoms with Gasteiger partial charge in [-0.25, -0.2) is 18.4 Å². The molecule has 5 rings (SSSR count). The number of hydrogen-bond acceptors (Lipinski definition) is 5. The third-order valence-corrected chi connectivity index (χ3v) is 5.37. The fraction of sp³-hybridized carbons (Fsp3) is 0.227. The molecule has 1 aliphatic rings. The van der Waals surface area contributed by atoms with Gasteiger partial charge in [0, 0.05) is 18.7 Å². The number of nitrogens with zero attached hydrogens (tertiary/aromatic N) is 5. The molecular weight excluding hydrogens is 386 g/mol. The number of aromatic nitrogens is 4. The largest absolute Gasteiger partial charge is 0.383 e. The number of hydrogen-bond donors (Lipinski definition) is 1. The lowest BCUT2D eigenvalue weighted by atomic mass is 10.1. The molecule has 6 nitrogen and oxygen atoms in total. The molecule has 0 aliphatic carbocycles. The van der Waals surface area contributed by atoms with Gasteiger partial charge in [-0.05, 0) is 61.7 Å². The molecule has 1 fully saturated rings. The Hall–Kier alpha value is -3.55. The Morgan fingerprint density at radius 1 is 0.867 bits per heavy atom. The molecule has 0 atom stereocenters. The van der Waals surface area contributed by atoms with Crippen LogP contribution < -0.4 is 10.6 Å². The maximum Gasteiger partial charge on any atom is 0.228 e. The molecule has 2 aromatic heterocycles. The number of fused-ring (bicyclic) bond motifs is 1. The second kappa shape index (κ2) is 7.37. The van der Waals surface area contributed by atoms with E-state index >= 15 is 0 Å². The Balaban J connectivity index is 1.74. The summed E-state index contributed by atoms with van der Waals surface area (Å²) in [7, 11) is 0. The van der Waals surface area contributed by atoms with Crippen LogP contribution in [0.5, 0.6) is 0 Å². The SMILES string of the molecule is Nc1c2c(-c3ccc(F)cc3)nc(N3CCCCC3)nc2nn1-c1cccc(F)c1. The Bertz CT molecular complexity index is 1210. The maximum atomic E-state index is 13.8. The molecule has 0 radical (unpaired) electrons. The summed E-state index contributed by atoms with van der Waals surface area (Å²) in [6.45, 7) is 1.74. The van der Waals surface area contributed by atoms with Gasteiger partial charge in [0.2, 0.25) is 5.95 Å². The molecule has 0 bridgehead atoms. The highest BCUT2D eigenvalue weighted by Crippen LogP contribution is 2.34. The van der Waals surface area contributed by atoms with Crippen molar-refractivity contribution in [2.24, 2.45) is 0 Å². The minimum atomic E-state index is -0.384. The summed E-state index contributed by atoms with van der Waals surface area (Å²) in [6.07, 6.45) is 3.34. The zero-order chi connectivity index (χ0) is 20.7. The van der Waals surface area contributed by atoms with Gasteiger partial charge in [0.1, 0.15) is 17.5 Å². The highest BCUT2D eigenvalue weighted by molar-refractivity contribution is 5.99. The molecule has 8 heteroatoms. The Morgan fingerprint density at radius 3 is 2.37 bits per heavy atom. The van der Waals surface area contributed by atoms with Crippen molar-refractivity contribution < 1.29 is 8.78 Å². The average Bonchev–Trinajstić information content (AvgIpc) is 3.11. The van der Waals surface area contributed by atoms with Gasteiger partial charge in [-0.15, -0.1) is 5.10 Å². The van der Waals surface area contributed by atoms with Gasteiger partial charge in [-0.1, -0.05) is 6.07 Å². The van der Waals surface area contributed by atoms with Crippen LogP contribution in [0.4, 0.5) is 20.5 Å². The summed E-state index contributed by atoms with van der Waals surface area (Å²) < 4.78 is 28.8. The summed E-state index contributed by atoms with van der Waals surface area (Å²) in [5.41, 5.74) is 8.65. The van der Waals surface area contributed by atoms with Crippen molar-refractivity contribution in [2.75, 3.05) is 23.7 Å². The fourth-order valence-electron chi connectivity index (χ4n) is 3.86. The van der Waals surface area contributed by atoms with Gasteiger partial charge in [0.25, 0.3) is 0 Å². The number of nitrogen functional groups attached to an aromatic ring is 1. The monoisotopic (exact) mass is 406 g/mol. The number of benzene rings is 2. The lowest BCUT2D eigenvalue weighted by Gasteiger charge is -2.26. The zero-order valence-corrected chi connectivity index (χ0v) is 16.2. The molecule has 2 aromatic carbocycles. The molecule has 0 amide bonds. The summed E-state index contributed by atoms with van der Waals surface area (Å²) >= 11 is 0. The second-order valence-corrected chi connectivity index (χ2v) is 7.40. The number of nitrogens with two attached hydrogens (primary N) is 1. The van der Waals surface area contributed by atoms with E-state index in [0.29, 0.717) is 39.7 Å². The van der Waals surface area contributed by atoms with Crippen LogP contribution in [0.1, 0.15) is 19.3 Å². The van der Waals surface area contributed by atoms with Crippen LogP contribution in [0, 0.1) is 11.6 Å². The van der Waals surface area contributed by atoms with E-state index in [1.165, 1.54) is 35.4 Å². The lowest BCUT2D eigenvalue weighted by molar-refractivity contribution is 0.569. The van der Waals surface area contributed by atoms with Crippen molar-refractivity contribution in [2.45, 2.75) is 19.3 Å². The fourth-order valence-corrected chi connectivity index (χ4v) is 3.86. The Morgan fingerprint density at radius 2 is 1.63 bits per heavy atom. The molecule has 2 N–H and O–H groups in total. The van der Waals surface area contributed by atoms with Crippen molar-refractivity contribution in [1.82, 2.24) is 19.7 Å². The predicted molar refractivity (Wildman–Crippen MR) is 112 cm³/mol. The van der Waals surface area contributed by atoms with Crippen LogP contribution in [0.2, 0.25) is 0 Å². The Kier molecular flexibility index (Phi) is 4.54. The highest BCUT2D eigenvalue weighted by atomic mass is 19.1. The van der Waals surface area contributed by atoms with E-state index in [-0.39, 0.29) is 11.6 Å². The molecule has 152 valence electrons. The first-order valence-electron chi connectivity index (χ1n) is 9.93. The molecule has 0 unspecified atom stereocenters. The van der Waals surface area contributed by atoms with Gasteiger partial charge < -0.3 is 10.6 Å². The molecule has 0 spiro atoms. The predicted octanol–water partition coefficient (Wildman–Crippen LogP) is 4.33. The topological polar surface area (TPSA) is 72.9 Å². The summed E-state index contributed by atoms with van der Waals surface area (Å²) in [5, 5.41) is 5.12. The third-order valence-electron chi connectivity index (χ3n) is 5.37. The maximum absolute atomic E-state index is 13.8. The summed E-state index contributed by atoms with van der Waals surface area (Å²) in [4.78, 5) is 11.6. The average molecular weight is 406 g/mol. The van der Waals surface area contributed by atoms with E-state index in [0.717, 1.165) is 25.9 Å². The van der Waals surface area contributed by atoms with Crippen molar-refractivity contribution in [3.63, 3.8) is 0 Å². The molecular formula is C22H20F2N6. The van der Waals surface area contributed by atoms with Crippen LogP contribution in [0.15, 0.2) is 48.5 Å². The first-order chi connectivity index (χ1) is 14.6. The summed E-state index contributed by atoms with van der Waals surface area (Å²) in [5.74, 6) is 0.166. The van der Waals surface area contributed by atoms with Crippen LogP contribution in [-0.2, 0) is 0 Å². The molecule has 1 aliphatic heterocycles. The molecule has 30 heavy (non-hydrogen) atoms. The minimum absolute atomic E-state index is 0.306. The lowest BCUT2D eigenvalue weighted by Crippen LogP contribution is -2.31. The van der Waals surface area contributed by atoms with E-state index in [2.05, 4.69) is 15.0 Å². The van der Waals surface area contributed by atoms with Gasteiger partial charge in [0.15, 0.2) is 5.65 Å². The minimum Gasteiger partial charge on any atom is -0.383 e. The van der Waals surface area contributed by atoms with Gasteiger partial charge >= 0.3 is 0 Å². The third kappa shape index (κ3) is 3.24. The highest BCUT2D eigenvalue weighted by Gasteiger charge is 2.22. The van der Waals surface area contributed by atoms with Crippen molar-refractivity contribution in [3.8, 4) is 16.9 Å². The quantitative estimate of drug-likeness (QED) is 0.548. The normalized spacial score (nSPS) is 14.4. The number of halogens is 2. The van der Waals surface area contributed by atoms with Crippen molar-refractivity contribution in [1.29, 1.82) is 0 Å². The van der Waals surface area contributed by atoms with E-state index in [4.69, 9.17) is 10.7 Å². The standard InChI is InChI=1S/C22H20F2N6/c23-15-9-7-14(8-10-15)19-18-20(25)30(17-6-4-5-16(24)13-17)28-21(18)27-22(26-19)29-11-2-1-3-12-29/h4-10,13H,1-3,11-12,25H2. The summed E-state index contributed by atoms with van der Waals surface area (Å²) in [6, 6.07) is 12.1. The van der Waals surface area contributed by atoms with Gasteiger partial charge in [-0.3, -0.25) is 0 Å². The number of rotatable bonds is 3. The molecule has 1 saturated heterocycles. The smallest absolute Gasteiger partial charge is 0.228 e. The first kappa shape index (κ1) is 18.5. The van der Waals surface area contributed by atoms with E-state index in [1.807, 2.05) is 0 Å².